The maximum Gasteiger partial charge on any atom is 0.269 e. The number of aryl methyl sites for hydroxylation is 2. The first-order valence-corrected chi connectivity index (χ1v) is 7.43. The van der Waals surface area contributed by atoms with Crippen LogP contribution in [0.2, 0.25) is 0 Å². The highest BCUT2D eigenvalue weighted by atomic mass is 16.1. The summed E-state index contributed by atoms with van der Waals surface area (Å²) in [6, 6.07) is 11.7. The molecule has 0 unspecified atom stereocenters. The summed E-state index contributed by atoms with van der Waals surface area (Å²) in [5.74, 6) is -0.184. The van der Waals surface area contributed by atoms with E-state index in [2.05, 4.69) is 46.5 Å². The Bertz CT molecular complexity index is 824. The maximum atomic E-state index is 12.2. The van der Waals surface area contributed by atoms with Gasteiger partial charge in [-0.2, -0.15) is 5.10 Å². The molecule has 1 aromatic carbocycles. The fourth-order valence-electron chi connectivity index (χ4n) is 2.27. The van der Waals surface area contributed by atoms with Crippen molar-refractivity contribution in [3.05, 3.63) is 71.2 Å². The summed E-state index contributed by atoms with van der Waals surface area (Å²) in [6.45, 7) is 4.57. The molecule has 116 valence electrons. The number of rotatable bonds is 4. The zero-order chi connectivity index (χ0) is 16.2. The number of benzene rings is 1. The SMILES string of the molecule is Cc1ccc(-c2cc(C(=O)NCc3cccnc3)[nH]n2)cc1C. The number of amides is 1. The molecule has 0 radical (unpaired) electrons. The molecule has 0 aliphatic carbocycles. The molecular formula is C18H18N4O. The third kappa shape index (κ3) is 3.45. The van der Waals surface area contributed by atoms with Crippen LogP contribution >= 0.6 is 0 Å². The van der Waals surface area contributed by atoms with Crippen molar-refractivity contribution < 1.29 is 4.79 Å². The first-order valence-electron chi connectivity index (χ1n) is 7.43. The van der Waals surface area contributed by atoms with E-state index in [1.54, 1.807) is 18.5 Å². The van der Waals surface area contributed by atoms with Crippen LogP contribution < -0.4 is 5.32 Å². The summed E-state index contributed by atoms with van der Waals surface area (Å²) in [4.78, 5) is 16.2. The molecule has 23 heavy (non-hydrogen) atoms. The van der Waals surface area contributed by atoms with Crippen LogP contribution in [-0.4, -0.2) is 21.1 Å². The highest BCUT2D eigenvalue weighted by Crippen LogP contribution is 2.20. The molecule has 0 bridgehead atoms. The summed E-state index contributed by atoms with van der Waals surface area (Å²) in [6.07, 6.45) is 3.43. The average Bonchev–Trinajstić information content (AvgIpc) is 3.06. The van der Waals surface area contributed by atoms with Crippen molar-refractivity contribution in [3.8, 4) is 11.3 Å². The van der Waals surface area contributed by atoms with E-state index in [4.69, 9.17) is 0 Å². The topological polar surface area (TPSA) is 70.7 Å². The highest BCUT2D eigenvalue weighted by Gasteiger charge is 2.11. The van der Waals surface area contributed by atoms with Gasteiger partial charge in [0.05, 0.1) is 5.69 Å². The summed E-state index contributed by atoms with van der Waals surface area (Å²) < 4.78 is 0. The fraction of sp³-hybridized carbons (Fsp3) is 0.167. The lowest BCUT2D eigenvalue weighted by atomic mass is 10.0. The van der Waals surface area contributed by atoms with E-state index in [0.29, 0.717) is 12.2 Å². The molecule has 3 aromatic rings. The number of carbonyl (C=O) groups is 1. The van der Waals surface area contributed by atoms with Gasteiger partial charge in [-0.3, -0.25) is 14.9 Å². The van der Waals surface area contributed by atoms with Gasteiger partial charge in [0.15, 0.2) is 0 Å². The van der Waals surface area contributed by atoms with Gasteiger partial charge in [0.1, 0.15) is 5.69 Å². The second-order valence-electron chi connectivity index (χ2n) is 5.51. The third-order valence-corrected chi connectivity index (χ3v) is 3.80. The molecule has 3 rings (SSSR count). The van der Waals surface area contributed by atoms with Crippen molar-refractivity contribution in [2.45, 2.75) is 20.4 Å². The van der Waals surface area contributed by atoms with Gasteiger partial charge in [0, 0.05) is 24.5 Å². The average molecular weight is 306 g/mol. The van der Waals surface area contributed by atoms with Crippen LogP contribution in [0, 0.1) is 13.8 Å². The number of nitrogens with zero attached hydrogens (tertiary/aromatic N) is 2. The van der Waals surface area contributed by atoms with E-state index < -0.39 is 0 Å². The zero-order valence-corrected chi connectivity index (χ0v) is 13.1. The third-order valence-electron chi connectivity index (χ3n) is 3.80. The van der Waals surface area contributed by atoms with Crippen LogP contribution in [0.3, 0.4) is 0 Å². The van der Waals surface area contributed by atoms with Crippen LogP contribution in [0.5, 0.6) is 0 Å². The molecule has 0 atom stereocenters. The molecule has 2 heterocycles. The van der Waals surface area contributed by atoms with E-state index in [1.807, 2.05) is 18.2 Å². The molecule has 0 aliphatic rings. The highest BCUT2D eigenvalue weighted by molar-refractivity contribution is 5.93. The standard InChI is InChI=1S/C18H18N4O/c1-12-5-6-15(8-13(12)2)16-9-17(22-21-16)18(23)20-11-14-4-3-7-19-10-14/h3-10H,11H2,1-2H3,(H,20,23)(H,21,22). The molecule has 2 N–H and O–H groups in total. The molecule has 5 heteroatoms. The number of carbonyl (C=O) groups excluding carboxylic acids is 1. The Hall–Kier alpha value is -2.95. The van der Waals surface area contributed by atoms with Gasteiger partial charge in [0.25, 0.3) is 5.91 Å². The van der Waals surface area contributed by atoms with E-state index in [-0.39, 0.29) is 5.91 Å². The lowest BCUT2D eigenvalue weighted by molar-refractivity contribution is 0.0946. The van der Waals surface area contributed by atoms with Gasteiger partial charge < -0.3 is 5.32 Å². The largest absolute Gasteiger partial charge is 0.347 e. The number of H-pyrrole nitrogens is 1. The molecule has 0 fully saturated rings. The van der Waals surface area contributed by atoms with Crippen LogP contribution in [0.15, 0.2) is 48.8 Å². The monoisotopic (exact) mass is 306 g/mol. The Labute approximate surface area is 134 Å². The van der Waals surface area contributed by atoms with Gasteiger partial charge in [0.2, 0.25) is 0 Å². The zero-order valence-electron chi connectivity index (χ0n) is 13.1. The normalized spacial score (nSPS) is 10.5. The minimum absolute atomic E-state index is 0.184. The number of hydrogen-bond donors (Lipinski definition) is 2. The van der Waals surface area contributed by atoms with Crippen LogP contribution in [0.1, 0.15) is 27.2 Å². The Morgan fingerprint density at radius 2 is 2.04 bits per heavy atom. The number of aromatic nitrogens is 3. The first kappa shape index (κ1) is 15.0. The van der Waals surface area contributed by atoms with E-state index in [1.165, 1.54) is 11.1 Å². The van der Waals surface area contributed by atoms with Gasteiger partial charge in [-0.05, 0) is 48.7 Å². The smallest absolute Gasteiger partial charge is 0.269 e. The fourth-order valence-corrected chi connectivity index (χ4v) is 2.27. The van der Waals surface area contributed by atoms with Gasteiger partial charge >= 0.3 is 0 Å². The Morgan fingerprint density at radius 1 is 1.17 bits per heavy atom. The molecule has 0 aliphatic heterocycles. The predicted octanol–water partition coefficient (Wildman–Crippen LogP) is 3.02. The van der Waals surface area contributed by atoms with Gasteiger partial charge in [-0.25, -0.2) is 0 Å². The van der Waals surface area contributed by atoms with E-state index in [0.717, 1.165) is 16.8 Å². The maximum absolute atomic E-state index is 12.2. The quantitative estimate of drug-likeness (QED) is 0.778. The van der Waals surface area contributed by atoms with E-state index >= 15 is 0 Å². The van der Waals surface area contributed by atoms with Crippen LogP contribution in [0.25, 0.3) is 11.3 Å². The molecule has 1 amide bonds. The van der Waals surface area contributed by atoms with Crippen molar-refractivity contribution in [1.82, 2.24) is 20.5 Å². The summed E-state index contributed by atoms with van der Waals surface area (Å²) in [7, 11) is 0. The molecule has 0 saturated heterocycles. The van der Waals surface area contributed by atoms with Crippen molar-refractivity contribution in [2.75, 3.05) is 0 Å². The Kier molecular flexibility index (Phi) is 4.19. The lowest BCUT2D eigenvalue weighted by Gasteiger charge is -2.03. The predicted molar refractivity (Wildman–Crippen MR) is 88.9 cm³/mol. The molecule has 5 nitrogen and oxygen atoms in total. The van der Waals surface area contributed by atoms with Crippen LogP contribution in [-0.2, 0) is 6.54 Å². The van der Waals surface area contributed by atoms with E-state index in [9.17, 15) is 4.79 Å². The second-order valence-corrected chi connectivity index (χ2v) is 5.51. The first-order chi connectivity index (χ1) is 11.1. The molecular weight excluding hydrogens is 288 g/mol. The number of hydrogen-bond acceptors (Lipinski definition) is 3. The second kappa shape index (κ2) is 6.44. The Balaban J connectivity index is 1.71. The Morgan fingerprint density at radius 3 is 2.78 bits per heavy atom. The van der Waals surface area contributed by atoms with Crippen molar-refractivity contribution in [2.24, 2.45) is 0 Å². The summed E-state index contributed by atoms with van der Waals surface area (Å²) in [5.41, 5.74) is 5.60. The summed E-state index contributed by atoms with van der Waals surface area (Å²) >= 11 is 0. The van der Waals surface area contributed by atoms with Crippen LogP contribution in [0.4, 0.5) is 0 Å². The number of nitrogens with one attached hydrogen (secondary N) is 2. The number of aromatic amines is 1. The number of pyridine rings is 1. The van der Waals surface area contributed by atoms with Gasteiger partial charge in [-0.15, -0.1) is 0 Å². The minimum Gasteiger partial charge on any atom is -0.347 e. The lowest BCUT2D eigenvalue weighted by Crippen LogP contribution is -2.23. The molecule has 2 aromatic heterocycles. The molecule has 0 saturated carbocycles. The van der Waals surface area contributed by atoms with Crippen molar-refractivity contribution in [1.29, 1.82) is 0 Å². The molecule has 0 spiro atoms. The van der Waals surface area contributed by atoms with Crippen molar-refractivity contribution >= 4 is 5.91 Å². The van der Waals surface area contributed by atoms with Gasteiger partial charge in [-0.1, -0.05) is 18.2 Å². The summed E-state index contributed by atoms with van der Waals surface area (Å²) in [5, 5.41) is 9.88. The minimum atomic E-state index is -0.184. The van der Waals surface area contributed by atoms with Crippen molar-refractivity contribution in [3.63, 3.8) is 0 Å².